The lowest BCUT2D eigenvalue weighted by atomic mass is 10.1. The molecule has 0 spiro atoms. The third kappa shape index (κ3) is 5.10. The van der Waals surface area contributed by atoms with Crippen LogP contribution in [-0.4, -0.2) is 25.5 Å². The van der Waals surface area contributed by atoms with Crippen molar-refractivity contribution in [2.24, 2.45) is 5.73 Å². The topological polar surface area (TPSA) is 90.6 Å². The fraction of sp³-hybridized carbons (Fsp3) is 0.158. The zero-order valence-corrected chi connectivity index (χ0v) is 14.0. The van der Waals surface area contributed by atoms with Gasteiger partial charge in [0.25, 0.3) is 5.91 Å². The van der Waals surface area contributed by atoms with Gasteiger partial charge in [-0.15, -0.1) is 6.58 Å². The zero-order valence-electron chi connectivity index (χ0n) is 14.0. The van der Waals surface area contributed by atoms with Crippen molar-refractivity contribution in [2.45, 2.75) is 6.42 Å². The number of hydrogen-bond acceptors (Lipinski definition) is 4. The number of methoxy groups -OCH3 is 1. The van der Waals surface area contributed by atoms with Gasteiger partial charge in [-0.25, -0.2) is 0 Å². The molecule has 0 aromatic heterocycles. The first-order chi connectivity index (χ1) is 12.0. The number of carbonyl (C=O) groups is 2. The summed E-state index contributed by atoms with van der Waals surface area (Å²) in [6.07, 6.45) is 2.51. The van der Waals surface area contributed by atoms with Gasteiger partial charge >= 0.3 is 0 Å². The second kappa shape index (κ2) is 8.54. The molecule has 2 amide bonds. The summed E-state index contributed by atoms with van der Waals surface area (Å²) < 4.78 is 10.8. The first-order valence-corrected chi connectivity index (χ1v) is 7.64. The summed E-state index contributed by atoms with van der Waals surface area (Å²) in [5.74, 6) is 0.0924. The molecular formula is C19H20N2O4. The molecule has 0 unspecified atom stereocenters. The van der Waals surface area contributed by atoms with Crippen molar-refractivity contribution in [1.82, 2.24) is 0 Å². The minimum absolute atomic E-state index is 0.196. The van der Waals surface area contributed by atoms with Gasteiger partial charge in [-0.1, -0.05) is 18.2 Å². The predicted molar refractivity (Wildman–Crippen MR) is 96.0 cm³/mol. The van der Waals surface area contributed by atoms with Gasteiger partial charge in [-0.3, -0.25) is 9.59 Å². The van der Waals surface area contributed by atoms with Crippen LogP contribution in [0.5, 0.6) is 11.5 Å². The van der Waals surface area contributed by atoms with Crippen molar-refractivity contribution in [1.29, 1.82) is 0 Å². The van der Waals surface area contributed by atoms with Crippen molar-refractivity contribution in [3.05, 3.63) is 66.2 Å². The van der Waals surface area contributed by atoms with Crippen LogP contribution in [0.3, 0.4) is 0 Å². The molecule has 130 valence electrons. The van der Waals surface area contributed by atoms with E-state index in [0.29, 0.717) is 29.2 Å². The Balaban J connectivity index is 1.99. The molecule has 0 bridgehead atoms. The van der Waals surface area contributed by atoms with Gasteiger partial charge in [-0.2, -0.15) is 0 Å². The Hall–Kier alpha value is -3.28. The molecule has 2 aromatic carbocycles. The van der Waals surface area contributed by atoms with Gasteiger partial charge < -0.3 is 20.5 Å². The van der Waals surface area contributed by atoms with E-state index >= 15 is 0 Å². The molecule has 25 heavy (non-hydrogen) atoms. The SMILES string of the molecule is C=CCc1ccc(OCC(=O)Nc2cccc(C(N)=O)c2)c(OC)c1. The van der Waals surface area contributed by atoms with Crippen molar-refractivity contribution in [2.75, 3.05) is 19.0 Å². The monoisotopic (exact) mass is 340 g/mol. The molecule has 0 saturated carbocycles. The molecule has 0 aliphatic carbocycles. The second-order valence-corrected chi connectivity index (χ2v) is 5.26. The van der Waals surface area contributed by atoms with Gasteiger partial charge in [0.05, 0.1) is 7.11 Å². The molecule has 0 heterocycles. The third-order valence-electron chi connectivity index (χ3n) is 3.40. The minimum Gasteiger partial charge on any atom is -0.493 e. The maximum atomic E-state index is 12.0. The van der Waals surface area contributed by atoms with Crippen molar-refractivity contribution < 1.29 is 19.1 Å². The number of rotatable bonds is 8. The standard InChI is InChI=1S/C19H20N2O4/c1-3-5-13-8-9-16(17(10-13)24-2)25-12-18(22)21-15-7-4-6-14(11-15)19(20)23/h3-4,6-11H,1,5,12H2,2H3,(H2,20,23)(H,21,22). The van der Waals surface area contributed by atoms with Crippen LogP contribution < -0.4 is 20.5 Å². The Kier molecular flexibility index (Phi) is 6.17. The number of nitrogens with one attached hydrogen (secondary N) is 1. The second-order valence-electron chi connectivity index (χ2n) is 5.26. The molecule has 3 N–H and O–H groups in total. The van der Waals surface area contributed by atoms with Crippen LogP contribution in [0.2, 0.25) is 0 Å². The number of ether oxygens (including phenoxy) is 2. The summed E-state index contributed by atoms with van der Waals surface area (Å²) in [4.78, 5) is 23.2. The fourth-order valence-electron chi connectivity index (χ4n) is 2.22. The molecule has 6 heteroatoms. The van der Waals surface area contributed by atoms with E-state index in [4.69, 9.17) is 15.2 Å². The van der Waals surface area contributed by atoms with Crippen LogP contribution in [0.4, 0.5) is 5.69 Å². The lowest BCUT2D eigenvalue weighted by molar-refractivity contribution is -0.118. The Morgan fingerprint density at radius 1 is 1.20 bits per heavy atom. The highest BCUT2D eigenvalue weighted by Gasteiger charge is 2.09. The number of nitrogens with two attached hydrogens (primary N) is 1. The number of carbonyl (C=O) groups excluding carboxylic acids is 2. The van der Waals surface area contributed by atoms with Crippen LogP contribution in [0.25, 0.3) is 0 Å². The van der Waals surface area contributed by atoms with E-state index < -0.39 is 5.91 Å². The van der Waals surface area contributed by atoms with Crippen molar-refractivity contribution in [3.63, 3.8) is 0 Å². The van der Waals surface area contributed by atoms with Gasteiger partial charge in [0.2, 0.25) is 5.91 Å². The lowest BCUT2D eigenvalue weighted by Gasteiger charge is -2.12. The Labute approximate surface area is 146 Å². The summed E-state index contributed by atoms with van der Waals surface area (Å²) >= 11 is 0. The summed E-state index contributed by atoms with van der Waals surface area (Å²) in [6.45, 7) is 3.50. The summed E-state index contributed by atoms with van der Waals surface area (Å²) in [6, 6.07) is 11.8. The number of benzene rings is 2. The van der Waals surface area contributed by atoms with Crippen LogP contribution in [0.1, 0.15) is 15.9 Å². The number of hydrogen-bond donors (Lipinski definition) is 2. The van der Waals surface area contributed by atoms with E-state index in [1.807, 2.05) is 12.1 Å². The highest BCUT2D eigenvalue weighted by atomic mass is 16.5. The minimum atomic E-state index is -0.559. The molecular weight excluding hydrogens is 320 g/mol. The average molecular weight is 340 g/mol. The molecule has 0 fully saturated rings. The van der Waals surface area contributed by atoms with E-state index in [1.165, 1.54) is 13.2 Å². The van der Waals surface area contributed by atoms with Crippen LogP contribution in [0.15, 0.2) is 55.1 Å². The molecule has 0 aliphatic rings. The highest BCUT2D eigenvalue weighted by Crippen LogP contribution is 2.28. The van der Waals surface area contributed by atoms with Crippen LogP contribution in [0, 0.1) is 0 Å². The van der Waals surface area contributed by atoms with E-state index in [9.17, 15) is 9.59 Å². The first kappa shape index (κ1) is 18.1. The summed E-state index contributed by atoms with van der Waals surface area (Å²) in [7, 11) is 1.54. The summed E-state index contributed by atoms with van der Waals surface area (Å²) in [5, 5.41) is 2.65. The van der Waals surface area contributed by atoms with Gasteiger partial charge in [-0.05, 0) is 42.3 Å². The summed E-state index contributed by atoms with van der Waals surface area (Å²) in [5.41, 5.74) is 7.04. The van der Waals surface area contributed by atoms with E-state index in [0.717, 1.165) is 5.56 Å². The first-order valence-electron chi connectivity index (χ1n) is 7.64. The maximum Gasteiger partial charge on any atom is 0.262 e. The van der Waals surface area contributed by atoms with E-state index in [1.54, 1.807) is 30.3 Å². The largest absolute Gasteiger partial charge is 0.493 e. The zero-order chi connectivity index (χ0) is 18.2. The number of allylic oxidation sites excluding steroid dienone is 1. The Morgan fingerprint density at radius 2 is 2.00 bits per heavy atom. The highest BCUT2D eigenvalue weighted by molar-refractivity contribution is 5.96. The maximum absolute atomic E-state index is 12.0. The quantitative estimate of drug-likeness (QED) is 0.723. The lowest BCUT2D eigenvalue weighted by Crippen LogP contribution is -2.20. The van der Waals surface area contributed by atoms with Gasteiger partial charge in [0.1, 0.15) is 0 Å². The molecule has 0 aliphatic heterocycles. The predicted octanol–water partition coefficient (Wildman–Crippen LogP) is 2.54. The molecule has 0 atom stereocenters. The normalized spacial score (nSPS) is 9.96. The average Bonchev–Trinajstić information content (AvgIpc) is 2.61. The van der Waals surface area contributed by atoms with Gasteiger partial charge in [0.15, 0.2) is 18.1 Å². The number of anilines is 1. The van der Waals surface area contributed by atoms with Crippen molar-refractivity contribution >= 4 is 17.5 Å². The van der Waals surface area contributed by atoms with Crippen LogP contribution in [-0.2, 0) is 11.2 Å². The third-order valence-corrected chi connectivity index (χ3v) is 3.40. The fourth-order valence-corrected chi connectivity index (χ4v) is 2.22. The Bertz CT molecular complexity index is 787. The smallest absolute Gasteiger partial charge is 0.262 e. The molecule has 0 radical (unpaired) electrons. The van der Waals surface area contributed by atoms with E-state index in [-0.39, 0.29) is 12.5 Å². The number of amides is 2. The van der Waals surface area contributed by atoms with E-state index in [2.05, 4.69) is 11.9 Å². The molecule has 2 rings (SSSR count). The molecule has 2 aromatic rings. The van der Waals surface area contributed by atoms with Crippen molar-refractivity contribution in [3.8, 4) is 11.5 Å². The van der Waals surface area contributed by atoms with Gasteiger partial charge in [0, 0.05) is 11.3 Å². The molecule has 0 saturated heterocycles. The van der Waals surface area contributed by atoms with Crippen LogP contribution >= 0.6 is 0 Å². The molecule has 6 nitrogen and oxygen atoms in total. The number of primary amides is 1. The Morgan fingerprint density at radius 3 is 2.68 bits per heavy atom.